The standard InChI is InChI=1S/C12H8BrClF3N3O/c1-20-10(12(15,16)17)8(14)9(19-20)11(21)18-7-4-2-3-6(13)5-7/h2-5H,1H3,(H,18,21). The third-order valence-electron chi connectivity index (χ3n) is 2.56. The number of amides is 1. The molecule has 9 heteroatoms. The quantitative estimate of drug-likeness (QED) is 0.850. The van der Waals surface area contributed by atoms with Gasteiger partial charge in [0.1, 0.15) is 5.02 Å². The summed E-state index contributed by atoms with van der Waals surface area (Å²) in [6.45, 7) is 0. The highest BCUT2D eigenvalue weighted by molar-refractivity contribution is 9.10. The lowest BCUT2D eigenvalue weighted by Gasteiger charge is -2.06. The lowest BCUT2D eigenvalue weighted by Crippen LogP contribution is -2.13. The summed E-state index contributed by atoms with van der Waals surface area (Å²) in [4.78, 5) is 12.0. The summed E-state index contributed by atoms with van der Waals surface area (Å²) in [5.41, 5.74) is -1.24. The molecule has 0 aliphatic carbocycles. The Morgan fingerprint density at radius 3 is 2.62 bits per heavy atom. The zero-order valence-corrected chi connectivity index (χ0v) is 12.8. The molecule has 0 bridgehead atoms. The average molecular weight is 383 g/mol. The van der Waals surface area contributed by atoms with Gasteiger partial charge in [-0.15, -0.1) is 0 Å². The number of carbonyl (C=O) groups excluding carboxylic acids is 1. The summed E-state index contributed by atoms with van der Waals surface area (Å²) < 4.78 is 39.6. The predicted molar refractivity (Wildman–Crippen MR) is 75.3 cm³/mol. The second-order valence-corrected chi connectivity index (χ2v) is 5.39. The molecule has 21 heavy (non-hydrogen) atoms. The minimum absolute atomic E-state index is 0.407. The molecule has 4 nitrogen and oxygen atoms in total. The van der Waals surface area contributed by atoms with Crippen LogP contribution in [0.1, 0.15) is 16.2 Å². The van der Waals surface area contributed by atoms with Gasteiger partial charge in [-0.1, -0.05) is 33.6 Å². The van der Waals surface area contributed by atoms with E-state index in [1.807, 2.05) is 0 Å². The summed E-state index contributed by atoms with van der Waals surface area (Å²) in [5, 5.41) is 5.25. The molecule has 0 fully saturated rings. The fourth-order valence-electron chi connectivity index (χ4n) is 1.71. The SMILES string of the molecule is Cn1nc(C(=O)Nc2cccc(Br)c2)c(Cl)c1C(F)(F)F. The second-order valence-electron chi connectivity index (χ2n) is 4.10. The Bertz CT molecular complexity index is 700. The molecule has 112 valence electrons. The van der Waals surface area contributed by atoms with Crippen molar-refractivity contribution in [1.82, 2.24) is 9.78 Å². The van der Waals surface area contributed by atoms with E-state index in [1.165, 1.54) is 0 Å². The van der Waals surface area contributed by atoms with Crippen molar-refractivity contribution >= 4 is 39.1 Å². The van der Waals surface area contributed by atoms with Crippen molar-refractivity contribution in [2.24, 2.45) is 7.05 Å². The van der Waals surface area contributed by atoms with Crippen molar-refractivity contribution in [1.29, 1.82) is 0 Å². The molecule has 2 aromatic rings. The Balaban J connectivity index is 2.33. The molecular formula is C12H8BrClF3N3O. The van der Waals surface area contributed by atoms with Gasteiger partial charge < -0.3 is 5.32 Å². The van der Waals surface area contributed by atoms with Gasteiger partial charge in [0, 0.05) is 17.2 Å². The van der Waals surface area contributed by atoms with E-state index in [0.717, 1.165) is 7.05 Å². The first kappa shape index (κ1) is 15.8. The molecule has 1 heterocycles. The van der Waals surface area contributed by atoms with Crippen LogP contribution < -0.4 is 5.32 Å². The number of alkyl halides is 3. The van der Waals surface area contributed by atoms with Gasteiger partial charge in [0.05, 0.1) is 0 Å². The summed E-state index contributed by atoms with van der Waals surface area (Å²) in [6, 6.07) is 6.59. The van der Waals surface area contributed by atoms with Crippen molar-refractivity contribution in [2.75, 3.05) is 5.32 Å². The Morgan fingerprint density at radius 2 is 2.10 bits per heavy atom. The molecule has 1 aromatic heterocycles. The highest BCUT2D eigenvalue weighted by atomic mass is 79.9. The van der Waals surface area contributed by atoms with E-state index >= 15 is 0 Å². The number of aryl methyl sites for hydroxylation is 1. The van der Waals surface area contributed by atoms with Gasteiger partial charge >= 0.3 is 6.18 Å². The van der Waals surface area contributed by atoms with Crippen LogP contribution in [0.5, 0.6) is 0 Å². The van der Waals surface area contributed by atoms with Crippen molar-refractivity contribution in [3.05, 3.63) is 45.1 Å². The number of hydrogen-bond donors (Lipinski definition) is 1. The van der Waals surface area contributed by atoms with Crippen molar-refractivity contribution < 1.29 is 18.0 Å². The summed E-state index contributed by atoms with van der Waals surface area (Å²) >= 11 is 8.85. The smallest absolute Gasteiger partial charge is 0.321 e. The van der Waals surface area contributed by atoms with Crippen LogP contribution in [0.2, 0.25) is 5.02 Å². The Kier molecular flexibility index (Phi) is 4.29. The van der Waals surface area contributed by atoms with Gasteiger partial charge in [0.15, 0.2) is 11.4 Å². The zero-order valence-electron chi connectivity index (χ0n) is 10.5. The van der Waals surface area contributed by atoms with E-state index in [2.05, 4.69) is 26.3 Å². The topological polar surface area (TPSA) is 46.9 Å². The summed E-state index contributed by atoms with van der Waals surface area (Å²) in [7, 11) is 1.07. The van der Waals surface area contributed by atoms with E-state index in [0.29, 0.717) is 14.8 Å². The van der Waals surface area contributed by atoms with Gasteiger partial charge in [0.25, 0.3) is 5.91 Å². The summed E-state index contributed by atoms with van der Waals surface area (Å²) in [6.07, 6.45) is -4.69. The lowest BCUT2D eigenvalue weighted by molar-refractivity contribution is -0.143. The van der Waals surface area contributed by atoms with Crippen molar-refractivity contribution in [3.8, 4) is 0 Å². The minimum atomic E-state index is -4.69. The number of anilines is 1. The molecular weight excluding hydrogens is 375 g/mol. The third kappa shape index (κ3) is 3.38. The zero-order chi connectivity index (χ0) is 15.8. The van der Waals surface area contributed by atoms with E-state index in [4.69, 9.17) is 11.6 Å². The Hall–Kier alpha value is -1.54. The van der Waals surface area contributed by atoms with E-state index in [-0.39, 0.29) is 0 Å². The molecule has 1 amide bonds. The third-order valence-corrected chi connectivity index (χ3v) is 3.41. The second kappa shape index (κ2) is 5.69. The normalized spacial score (nSPS) is 11.5. The molecule has 0 aliphatic heterocycles. The van der Waals surface area contributed by atoms with Crippen molar-refractivity contribution in [2.45, 2.75) is 6.18 Å². The molecule has 0 saturated heterocycles. The molecule has 0 saturated carbocycles. The fraction of sp³-hybridized carbons (Fsp3) is 0.167. The highest BCUT2D eigenvalue weighted by Crippen LogP contribution is 2.36. The van der Waals surface area contributed by atoms with Crippen LogP contribution in [0.15, 0.2) is 28.7 Å². The predicted octanol–water partition coefficient (Wildman–Crippen LogP) is 4.11. The van der Waals surface area contributed by atoms with Crippen LogP contribution in [-0.2, 0) is 13.2 Å². The number of hydrogen-bond acceptors (Lipinski definition) is 2. The average Bonchev–Trinajstić information content (AvgIpc) is 2.64. The summed E-state index contributed by atoms with van der Waals surface area (Å²) in [5.74, 6) is -0.816. The van der Waals surface area contributed by atoms with Gasteiger partial charge in [-0.3, -0.25) is 9.48 Å². The first-order valence-corrected chi connectivity index (χ1v) is 6.74. The van der Waals surface area contributed by atoms with Crippen LogP contribution in [0.4, 0.5) is 18.9 Å². The van der Waals surface area contributed by atoms with Gasteiger partial charge in [-0.25, -0.2) is 0 Å². The Labute approximate surface area is 131 Å². The first-order chi connectivity index (χ1) is 9.70. The molecule has 0 unspecified atom stereocenters. The van der Waals surface area contributed by atoms with Crippen molar-refractivity contribution in [3.63, 3.8) is 0 Å². The maximum absolute atomic E-state index is 12.8. The first-order valence-electron chi connectivity index (χ1n) is 5.56. The number of rotatable bonds is 2. The molecule has 1 N–H and O–H groups in total. The number of aromatic nitrogens is 2. The number of nitrogens with zero attached hydrogens (tertiary/aromatic N) is 2. The van der Waals surface area contributed by atoms with Gasteiger partial charge in [-0.2, -0.15) is 18.3 Å². The molecule has 1 aromatic carbocycles. The van der Waals surface area contributed by atoms with E-state index < -0.39 is 28.5 Å². The van der Waals surface area contributed by atoms with Crippen LogP contribution in [0, 0.1) is 0 Å². The van der Waals surface area contributed by atoms with Crippen LogP contribution in [0.25, 0.3) is 0 Å². The maximum atomic E-state index is 12.8. The van der Waals surface area contributed by atoms with Crippen LogP contribution >= 0.6 is 27.5 Å². The number of benzene rings is 1. The van der Waals surface area contributed by atoms with Crippen LogP contribution in [-0.4, -0.2) is 15.7 Å². The number of nitrogens with one attached hydrogen (secondary N) is 1. The van der Waals surface area contributed by atoms with Gasteiger partial charge in [0.2, 0.25) is 0 Å². The monoisotopic (exact) mass is 381 g/mol. The largest absolute Gasteiger partial charge is 0.434 e. The molecule has 2 rings (SSSR count). The molecule has 0 radical (unpaired) electrons. The van der Waals surface area contributed by atoms with E-state index in [1.54, 1.807) is 24.3 Å². The van der Waals surface area contributed by atoms with Gasteiger partial charge in [-0.05, 0) is 18.2 Å². The molecule has 0 spiro atoms. The number of carbonyl (C=O) groups is 1. The van der Waals surface area contributed by atoms with E-state index in [9.17, 15) is 18.0 Å². The fourth-order valence-corrected chi connectivity index (χ4v) is 2.46. The van der Waals surface area contributed by atoms with Crippen LogP contribution in [0.3, 0.4) is 0 Å². The Morgan fingerprint density at radius 1 is 1.43 bits per heavy atom. The maximum Gasteiger partial charge on any atom is 0.434 e. The lowest BCUT2D eigenvalue weighted by atomic mass is 10.3. The molecule has 0 atom stereocenters. The highest BCUT2D eigenvalue weighted by Gasteiger charge is 2.39. The molecule has 0 aliphatic rings. The number of halogens is 5. The minimum Gasteiger partial charge on any atom is -0.321 e.